The number of aromatic nitrogens is 4. The van der Waals surface area contributed by atoms with Crippen molar-refractivity contribution >= 4 is 11.4 Å². The zero-order valence-electron chi connectivity index (χ0n) is 18.8. The molecule has 0 aliphatic rings. The third kappa shape index (κ3) is 5.04. The fraction of sp³-hybridized carbons (Fsp3) is 0.208. The summed E-state index contributed by atoms with van der Waals surface area (Å²) >= 11 is 0. The molecule has 0 bridgehead atoms. The van der Waals surface area contributed by atoms with Gasteiger partial charge in [-0.3, -0.25) is 4.79 Å². The van der Waals surface area contributed by atoms with Crippen LogP contribution in [0.3, 0.4) is 0 Å². The van der Waals surface area contributed by atoms with Gasteiger partial charge in [-0.15, -0.1) is 0 Å². The molecule has 0 saturated carbocycles. The van der Waals surface area contributed by atoms with Crippen LogP contribution in [-0.4, -0.2) is 38.2 Å². The van der Waals surface area contributed by atoms with Crippen molar-refractivity contribution in [3.05, 3.63) is 94.2 Å². The second-order valence-electron chi connectivity index (χ2n) is 7.72. The van der Waals surface area contributed by atoms with E-state index < -0.39 is 36.1 Å². The first-order valence-electron chi connectivity index (χ1n) is 10.5. The number of imidazole rings is 1. The molecular weight excluding hydrogens is 463 g/mol. The van der Waals surface area contributed by atoms with Gasteiger partial charge in [-0.25, -0.2) is 22.8 Å². The molecule has 2 aromatic carbocycles. The van der Waals surface area contributed by atoms with Crippen LogP contribution < -0.4 is 15.6 Å². The number of hydrogen-bond acceptors (Lipinski definition) is 6. The number of alkyl halides is 2. The molecule has 2 N–H and O–H groups in total. The van der Waals surface area contributed by atoms with Crippen molar-refractivity contribution in [1.82, 2.24) is 19.3 Å². The number of ether oxygens (including phenoxy) is 1. The van der Waals surface area contributed by atoms with Crippen molar-refractivity contribution in [1.29, 1.82) is 0 Å². The van der Waals surface area contributed by atoms with Crippen LogP contribution in [0, 0.1) is 12.7 Å². The highest BCUT2D eigenvalue weighted by Gasteiger charge is 2.22. The molecule has 0 spiro atoms. The van der Waals surface area contributed by atoms with Gasteiger partial charge < -0.3 is 19.7 Å². The van der Waals surface area contributed by atoms with Gasteiger partial charge >= 0.3 is 0 Å². The molecule has 2 heterocycles. The second kappa shape index (κ2) is 10.0. The lowest BCUT2D eigenvalue weighted by atomic mass is 10.1. The number of aliphatic hydroxyl groups excluding tert-OH is 1. The van der Waals surface area contributed by atoms with Gasteiger partial charge in [0.05, 0.1) is 31.4 Å². The van der Waals surface area contributed by atoms with E-state index in [1.54, 1.807) is 29.1 Å². The third-order valence-electron chi connectivity index (χ3n) is 5.33. The Balaban J connectivity index is 1.76. The van der Waals surface area contributed by atoms with E-state index in [0.29, 0.717) is 17.1 Å². The molecule has 0 radical (unpaired) electrons. The lowest BCUT2D eigenvalue weighted by molar-refractivity contribution is 0.141. The zero-order chi connectivity index (χ0) is 25.1. The molecule has 0 aliphatic carbocycles. The Labute approximate surface area is 198 Å². The zero-order valence-corrected chi connectivity index (χ0v) is 18.8. The molecule has 11 heteroatoms. The smallest absolute Gasteiger partial charge is 0.291 e. The van der Waals surface area contributed by atoms with Gasteiger partial charge in [0.1, 0.15) is 29.0 Å². The fourth-order valence-electron chi connectivity index (χ4n) is 3.65. The molecule has 1 atom stereocenters. The first-order valence-corrected chi connectivity index (χ1v) is 10.5. The fourth-order valence-corrected chi connectivity index (χ4v) is 3.65. The Morgan fingerprint density at radius 3 is 2.60 bits per heavy atom. The molecule has 0 aliphatic heterocycles. The van der Waals surface area contributed by atoms with Crippen molar-refractivity contribution in [3.63, 3.8) is 0 Å². The highest BCUT2D eigenvalue weighted by Crippen LogP contribution is 2.29. The van der Waals surface area contributed by atoms with Gasteiger partial charge in [0.15, 0.2) is 0 Å². The molecule has 8 nitrogen and oxygen atoms in total. The summed E-state index contributed by atoms with van der Waals surface area (Å²) in [5.41, 5.74) is 0.446. The summed E-state index contributed by atoms with van der Waals surface area (Å²) in [5.74, 6) is -0.151. The van der Waals surface area contributed by atoms with Crippen molar-refractivity contribution in [3.8, 4) is 11.4 Å². The van der Waals surface area contributed by atoms with Crippen LogP contribution in [-0.2, 0) is 0 Å². The highest BCUT2D eigenvalue weighted by atomic mass is 19.3. The summed E-state index contributed by atoms with van der Waals surface area (Å²) in [6, 6.07) is 9.92. The van der Waals surface area contributed by atoms with Gasteiger partial charge in [-0.05, 0) is 42.8 Å². The van der Waals surface area contributed by atoms with Crippen molar-refractivity contribution < 1.29 is 23.0 Å². The Hall–Kier alpha value is -4.12. The molecule has 4 aromatic rings. The number of rotatable bonds is 8. The van der Waals surface area contributed by atoms with Crippen LogP contribution in [0.1, 0.15) is 29.4 Å². The predicted molar refractivity (Wildman–Crippen MR) is 123 cm³/mol. The van der Waals surface area contributed by atoms with E-state index in [9.17, 15) is 23.1 Å². The molecule has 4 rings (SSSR count). The number of anilines is 2. The van der Waals surface area contributed by atoms with Gasteiger partial charge in [-0.2, -0.15) is 5.10 Å². The van der Waals surface area contributed by atoms with E-state index in [4.69, 9.17) is 4.74 Å². The minimum Gasteiger partial charge on any atom is -0.494 e. The standard InChI is InChI=1S/C24H22F3N5O3/c1-14-11-31(13-28-14)20-7-6-17(9-22(20)35-2)29-19-10-18(23(26)27)30-32(24(19)34)21(12-33)15-4-3-5-16(25)8-15/h3-11,13,21,23,29,33H,12H2,1-2H3/t21-/m0/s1. The van der Waals surface area contributed by atoms with Crippen LogP contribution in [0.4, 0.5) is 24.5 Å². The maximum atomic E-state index is 13.7. The lowest BCUT2D eigenvalue weighted by Gasteiger charge is -2.19. The molecular formula is C24H22F3N5O3. The molecule has 0 unspecified atom stereocenters. The van der Waals surface area contributed by atoms with E-state index >= 15 is 0 Å². The van der Waals surface area contributed by atoms with Crippen LogP contribution >= 0.6 is 0 Å². The van der Waals surface area contributed by atoms with E-state index in [-0.39, 0.29) is 11.3 Å². The Kier molecular flexibility index (Phi) is 6.87. The number of benzene rings is 2. The minimum absolute atomic E-state index is 0.196. The summed E-state index contributed by atoms with van der Waals surface area (Å²) in [6.07, 6.45) is 0.441. The number of halogens is 3. The average molecular weight is 485 g/mol. The molecule has 0 amide bonds. The number of aliphatic hydroxyl groups is 1. The summed E-state index contributed by atoms with van der Waals surface area (Å²) in [7, 11) is 1.48. The normalized spacial score (nSPS) is 12.1. The molecule has 35 heavy (non-hydrogen) atoms. The topological polar surface area (TPSA) is 94.2 Å². The Bertz CT molecular complexity index is 1400. The third-order valence-corrected chi connectivity index (χ3v) is 5.33. The number of nitrogens with zero attached hydrogens (tertiary/aromatic N) is 4. The first kappa shape index (κ1) is 24.0. The highest BCUT2D eigenvalue weighted by molar-refractivity contribution is 5.64. The second-order valence-corrected chi connectivity index (χ2v) is 7.72. The number of nitrogens with one attached hydrogen (secondary N) is 1. The van der Waals surface area contributed by atoms with E-state index in [0.717, 1.165) is 22.5 Å². The monoisotopic (exact) mass is 485 g/mol. The predicted octanol–water partition coefficient (Wildman–Crippen LogP) is 4.15. The SMILES string of the molecule is COc1cc(Nc2cc(C(F)F)nn([C@@H](CO)c3cccc(F)c3)c2=O)ccc1-n1cnc(C)c1. The summed E-state index contributed by atoms with van der Waals surface area (Å²) in [5, 5.41) is 16.5. The van der Waals surface area contributed by atoms with Crippen LogP contribution in [0.15, 0.2) is 65.8 Å². The molecule has 0 fully saturated rings. The summed E-state index contributed by atoms with van der Waals surface area (Å²) in [4.78, 5) is 17.4. The molecule has 0 saturated heterocycles. The number of methoxy groups -OCH3 is 1. The maximum absolute atomic E-state index is 13.7. The van der Waals surface area contributed by atoms with Gasteiger partial charge in [0.25, 0.3) is 12.0 Å². The Morgan fingerprint density at radius 1 is 1.17 bits per heavy atom. The van der Waals surface area contributed by atoms with Crippen LogP contribution in [0.5, 0.6) is 5.75 Å². The number of hydrogen-bond donors (Lipinski definition) is 2. The maximum Gasteiger partial charge on any atom is 0.291 e. The van der Waals surface area contributed by atoms with E-state index in [1.807, 2.05) is 13.1 Å². The Morgan fingerprint density at radius 2 is 1.97 bits per heavy atom. The van der Waals surface area contributed by atoms with E-state index in [1.165, 1.54) is 25.3 Å². The van der Waals surface area contributed by atoms with Gasteiger partial charge in [0, 0.05) is 18.0 Å². The van der Waals surface area contributed by atoms with Crippen molar-refractivity contribution in [2.24, 2.45) is 0 Å². The quantitative estimate of drug-likeness (QED) is 0.390. The lowest BCUT2D eigenvalue weighted by Crippen LogP contribution is -2.32. The first-order chi connectivity index (χ1) is 16.8. The summed E-state index contributed by atoms with van der Waals surface area (Å²) < 4.78 is 49.0. The number of aryl methyl sites for hydroxylation is 1. The molecule has 2 aromatic heterocycles. The van der Waals surface area contributed by atoms with Crippen molar-refractivity contribution in [2.75, 3.05) is 19.0 Å². The average Bonchev–Trinajstić information content (AvgIpc) is 3.27. The van der Waals surface area contributed by atoms with Crippen LogP contribution in [0.25, 0.3) is 5.69 Å². The summed E-state index contributed by atoms with van der Waals surface area (Å²) in [6.45, 7) is 1.19. The van der Waals surface area contributed by atoms with E-state index in [2.05, 4.69) is 15.4 Å². The largest absolute Gasteiger partial charge is 0.494 e. The van der Waals surface area contributed by atoms with Crippen LogP contribution in [0.2, 0.25) is 0 Å². The van der Waals surface area contributed by atoms with Gasteiger partial charge in [0.2, 0.25) is 0 Å². The van der Waals surface area contributed by atoms with Crippen molar-refractivity contribution in [2.45, 2.75) is 19.4 Å². The molecule has 182 valence electrons. The van der Waals surface area contributed by atoms with Gasteiger partial charge in [-0.1, -0.05) is 12.1 Å². The minimum atomic E-state index is -2.99.